The van der Waals surface area contributed by atoms with E-state index < -0.39 is 0 Å². The summed E-state index contributed by atoms with van der Waals surface area (Å²) < 4.78 is 1.39. The van der Waals surface area contributed by atoms with Crippen molar-refractivity contribution in [2.45, 2.75) is 45.7 Å². The monoisotopic (exact) mass is 369 g/mol. The zero-order valence-corrected chi connectivity index (χ0v) is 15.9. The number of hydrogen-bond acceptors (Lipinski definition) is 4. The van der Waals surface area contributed by atoms with E-state index in [1.807, 2.05) is 43.3 Å². The van der Waals surface area contributed by atoms with Gasteiger partial charge in [0.25, 0.3) is 5.56 Å². The summed E-state index contributed by atoms with van der Waals surface area (Å²) in [6, 6.07) is 11.8. The Kier molecular flexibility index (Phi) is 5.83. The number of fused-ring (bicyclic) bond motifs is 1. The van der Waals surface area contributed by atoms with E-state index in [0.717, 1.165) is 34.5 Å². The molecule has 0 radical (unpaired) electrons. The second-order valence-electron chi connectivity index (χ2n) is 6.28. The Morgan fingerprint density at radius 2 is 2.04 bits per heavy atom. The molecule has 1 amide bonds. The van der Waals surface area contributed by atoms with Crippen LogP contribution in [0.4, 0.5) is 0 Å². The van der Waals surface area contributed by atoms with Gasteiger partial charge in [-0.15, -0.1) is 11.3 Å². The largest absolute Gasteiger partial charge is 0.348 e. The minimum atomic E-state index is -0.179. The van der Waals surface area contributed by atoms with E-state index in [1.165, 1.54) is 22.2 Å². The van der Waals surface area contributed by atoms with Crippen LogP contribution in [-0.2, 0) is 17.8 Å². The zero-order valence-electron chi connectivity index (χ0n) is 15.1. The highest BCUT2D eigenvalue weighted by Gasteiger charge is 2.15. The van der Waals surface area contributed by atoms with Crippen LogP contribution in [0.5, 0.6) is 0 Å². The molecule has 0 fully saturated rings. The van der Waals surface area contributed by atoms with Crippen molar-refractivity contribution >= 4 is 27.5 Å². The van der Waals surface area contributed by atoms with Gasteiger partial charge in [-0.1, -0.05) is 50.6 Å². The summed E-state index contributed by atoms with van der Waals surface area (Å²) >= 11 is 1.53. The Morgan fingerprint density at radius 3 is 2.73 bits per heavy atom. The van der Waals surface area contributed by atoms with Gasteiger partial charge in [-0.2, -0.15) is 0 Å². The van der Waals surface area contributed by atoms with Crippen LogP contribution in [0.15, 0.2) is 47.5 Å². The topological polar surface area (TPSA) is 64.0 Å². The van der Waals surface area contributed by atoms with Crippen LogP contribution < -0.4 is 10.9 Å². The lowest BCUT2D eigenvalue weighted by Gasteiger charge is -2.19. The molecule has 0 saturated heterocycles. The fourth-order valence-corrected chi connectivity index (χ4v) is 3.91. The van der Waals surface area contributed by atoms with Gasteiger partial charge in [0.15, 0.2) is 0 Å². The molecule has 2 heterocycles. The lowest BCUT2D eigenvalue weighted by Crippen LogP contribution is -2.34. The van der Waals surface area contributed by atoms with Crippen molar-refractivity contribution in [3.05, 3.63) is 63.5 Å². The van der Waals surface area contributed by atoms with Crippen LogP contribution in [0.25, 0.3) is 10.2 Å². The van der Waals surface area contributed by atoms with Crippen LogP contribution in [-0.4, -0.2) is 15.5 Å². The smallest absolute Gasteiger partial charge is 0.262 e. The number of nitrogens with zero attached hydrogens (tertiary/aromatic N) is 2. The maximum atomic E-state index is 12.6. The number of aryl methyl sites for hydroxylation is 1. The van der Waals surface area contributed by atoms with E-state index in [0.29, 0.717) is 5.39 Å². The SMILES string of the molecule is CCC[C@H](NC(=O)Cn1cnc2sc(CC)cc2c1=O)c1ccccc1. The van der Waals surface area contributed by atoms with Crippen LogP contribution in [0.1, 0.15) is 43.2 Å². The van der Waals surface area contributed by atoms with E-state index in [-0.39, 0.29) is 24.1 Å². The molecule has 1 atom stereocenters. The minimum Gasteiger partial charge on any atom is -0.348 e. The third-order valence-corrected chi connectivity index (χ3v) is 5.53. The van der Waals surface area contributed by atoms with Gasteiger partial charge in [0, 0.05) is 4.88 Å². The molecule has 5 nitrogen and oxygen atoms in total. The summed E-state index contributed by atoms with van der Waals surface area (Å²) in [5.41, 5.74) is 0.918. The van der Waals surface area contributed by atoms with Crippen molar-refractivity contribution < 1.29 is 4.79 Å². The van der Waals surface area contributed by atoms with Crippen molar-refractivity contribution in [3.8, 4) is 0 Å². The molecular formula is C20H23N3O2S. The highest BCUT2D eigenvalue weighted by molar-refractivity contribution is 7.18. The Labute approximate surface area is 156 Å². The highest BCUT2D eigenvalue weighted by atomic mass is 32.1. The molecule has 0 aliphatic heterocycles. The van der Waals surface area contributed by atoms with Gasteiger partial charge in [-0.05, 0) is 24.5 Å². The summed E-state index contributed by atoms with van der Waals surface area (Å²) in [5.74, 6) is -0.179. The summed E-state index contributed by atoms with van der Waals surface area (Å²) in [4.78, 5) is 31.3. The maximum Gasteiger partial charge on any atom is 0.262 e. The average Bonchev–Trinajstić information content (AvgIpc) is 3.09. The molecule has 1 aromatic carbocycles. The summed E-state index contributed by atoms with van der Waals surface area (Å²) in [7, 11) is 0. The molecule has 0 spiro atoms. The molecule has 0 unspecified atom stereocenters. The molecule has 6 heteroatoms. The van der Waals surface area contributed by atoms with E-state index in [2.05, 4.69) is 17.2 Å². The first-order valence-electron chi connectivity index (χ1n) is 8.94. The van der Waals surface area contributed by atoms with Gasteiger partial charge in [-0.25, -0.2) is 4.98 Å². The summed E-state index contributed by atoms with van der Waals surface area (Å²) in [5, 5.41) is 3.64. The fourth-order valence-electron chi connectivity index (χ4n) is 2.99. The first kappa shape index (κ1) is 18.3. The molecule has 26 heavy (non-hydrogen) atoms. The minimum absolute atomic E-state index is 0.0217. The van der Waals surface area contributed by atoms with Crippen molar-refractivity contribution in [1.82, 2.24) is 14.9 Å². The van der Waals surface area contributed by atoms with Gasteiger partial charge in [0.1, 0.15) is 11.4 Å². The van der Waals surface area contributed by atoms with Crippen molar-refractivity contribution in [3.63, 3.8) is 0 Å². The van der Waals surface area contributed by atoms with Crippen molar-refractivity contribution in [2.24, 2.45) is 0 Å². The molecule has 136 valence electrons. The zero-order chi connectivity index (χ0) is 18.5. The maximum absolute atomic E-state index is 12.6. The van der Waals surface area contributed by atoms with Crippen molar-refractivity contribution in [2.75, 3.05) is 0 Å². The molecule has 0 aliphatic carbocycles. The average molecular weight is 369 g/mol. The number of thiophene rings is 1. The Balaban J connectivity index is 1.77. The quantitative estimate of drug-likeness (QED) is 0.691. The van der Waals surface area contributed by atoms with Crippen molar-refractivity contribution in [1.29, 1.82) is 0 Å². The number of rotatable bonds is 7. The summed E-state index contributed by atoms with van der Waals surface area (Å²) in [6.45, 7) is 4.12. The van der Waals surface area contributed by atoms with E-state index in [1.54, 1.807) is 0 Å². The van der Waals surface area contributed by atoms with E-state index in [9.17, 15) is 9.59 Å². The van der Waals surface area contributed by atoms with Gasteiger partial charge >= 0.3 is 0 Å². The lowest BCUT2D eigenvalue weighted by molar-refractivity contribution is -0.122. The van der Waals surface area contributed by atoms with Crippen LogP contribution in [0.3, 0.4) is 0 Å². The molecule has 1 N–H and O–H groups in total. The number of benzene rings is 1. The number of aromatic nitrogens is 2. The van der Waals surface area contributed by atoms with Crippen LogP contribution in [0, 0.1) is 0 Å². The third-order valence-electron chi connectivity index (χ3n) is 4.35. The number of hydrogen-bond donors (Lipinski definition) is 1. The second-order valence-corrected chi connectivity index (χ2v) is 7.40. The van der Waals surface area contributed by atoms with Crippen LogP contribution >= 0.6 is 11.3 Å². The normalized spacial score (nSPS) is 12.2. The second kappa shape index (κ2) is 8.27. The molecule has 0 aliphatic rings. The lowest BCUT2D eigenvalue weighted by atomic mass is 10.0. The highest BCUT2D eigenvalue weighted by Crippen LogP contribution is 2.21. The molecule has 2 aromatic heterocycles. The first-order valence-corrected chi connectivity index (χ1v) is 9.76. The first-order chi connectivity index (χ1) is 12.6. The predicted molar refractivity (Wildman–Crippen MR) is 105 cm³/mol. The van der Waals surface area contributed by atoms with E-state index >= 15 is 0 Å². The van der Waals surface area contributed by atoms with E-state index in [4.69, 9.17) is 0 Å². The number of carbonyl (C=O) groups is 1. The van der Waals surface area contributed by atoms with Gasteiger partial charge in [-0.3, -0.25) is 14.2 Å². The molecule has 3 rings (SSSR count). The predicted octanol–water partition coefficient (Wildman–Crippen LogP) is 3.68. The number of amides is 1. The fraction of sp³-hybridized carbons (Fsp3) is 0.350. The van der Waals surface area contributed by atoms with Gasteiger partial charge in [0.05, 0.1) is 17.8 Å². The summed E-state index contributed by atoms with van der Waals surface area (Å²) in [6.07, 6.45) is 4.16. The molecule has 3 aromatic rings. The van der Waals surface area contributed by atoms with Gasteiger partial charge < -0.3 is 5.32 Å². The molecular weight excluding hydrogens is 346 g/mol. The molecule has 0 bridgehead atoms. The Morgan fingerprint density at radius 1 is 1.27 bits per heavy atom. The van der Waals surface area contributed by atoms with Gasteiger partial charge in [0.2, 0.25) is 5.91 Å². The standard InChI is InChI=1S/C20H23N3O2S/c1-3-8-17(14-9-6-5-7-10-14)22-18(24)12-23-13-21-19-16(20(23)25)11-15(4-2)26-19/h5-7,9-11,13,17H,3-4,8,12H2,1-2H3,(H,22,24)/t17-/m0/s1. The Bertz CT molecular complexity index is 947. The number of carbonyl (C=O) groups excluding carboxylic acids is 1. The third kappa shape index (κ3) is 4.02. The Hall–Kier alpha value is -2.47. The van der Waals surface area contributed by atoms with Crippen LogP contribution in [0.2, 0.25) is 0 Å². The molecule has 0 saturated carbocycles. The number of nitrogens with one attached hydrogen (secondary N) is 1.